The highest BCUT2D eigenvalue weighted by molar-refractivity contribution is 4.97. The molecule has 1 aromatic rings. The van der Waals surface area contributed by atoms with Gasteiger partial charge in [-0.15, -0.1) is 0 Å². The van der Waals surface area contributed by atoms with Crippen LogP contribution in [0.1, 0.15) is 52.5 Å². The Morgan fingerprint density at radius 3 is 2.67 bits per heavy atom. The zero-order valence-corrected chi connectivity index (χ0v) is 10.2. The van der Waals surface area contributed by atoms with Gasteiger partial charge in [-0.25, -0.2) is 4.98 Å². The van der Waals surface area contributed by atoms with Gasteiger partial charge in [-0.2, -0.15) is 0 Å². The van der Waals surface area contributed by atoms with Gasteiger partial charge in [-0.3, -0.25) is 0 Å². The molecule has 1 atom stereocenters. The molecule has 1 rings (SSSR count). The molecule has 0 spiro atoms. The Kier molecular flexibility index (Phi) is 3.91. The Labute approximate surface area is 92.1 Å². The molecule has 0 aliphatic rings. The molecular weight excluding hydrogens is 188 g/mol. The van der Waals surface area contributed by atoms with Crippen LogP contribution in [0.15, 0.2) is 12.4 Å². The molecule has 3 heteroatoms. The van der Waals surface area contributed by atoms with Gasteiger partial charge >= 0.3 is 0 Å². The van der Waals surface area contributed by atoms with Crippen LogP contribution in [0.3, 0.4) is 0 Å². The van der Waals surface area contributed by atoms with Crippen molar-refractivity contribution in [3.63, 3.8) is 0 Å². The Morgan fingerprint density at radius 1 is 1.47 bits per heavy atom. The van der Waals surface area contributed by atoms with E-state index in [0.29, 0.717) is 0 Å². The monoisotopic (exact) mass is 210 g/mol. The summed E-state index contributed by atoms with van der Waals surface area (Å²) in [5, 5.41) is 10.1. The first-order valence-corrected chi connectivity index (χ1v) is 5.63. The van der Waals surface area contributed by atoms with Crippen molar-refractivity contribution in [1.29, 1.82) is 0 Å². The Balaban J connectivity index is 2.72. The normalized spacial score (nSPS) is 14.2. The maximum Gasteiger partial charge on any atom is 0.137 e. The summed E-state index contributed by atoms with van der Waals surface area (Å²) in [6.45, 7) is 9.44. The SMILES string of the molecule is CCCn1ccnc1C(O)CC(C)(C)C. The molecule has 0 radical (unpaired) electrons. The number of hydrogen-bond acceptors (Lipinski definition) is 2. The van der Waals surface area contributed by atoms with Crippen molar-refractivity contribution in [2.45, 2.75) is 53.2 Å². The van der Waals surface area contributed by atoms with Crippen molar-refractivity contribution >= 4 is 0 Å². The zero-order chi connectivity index (χ0) is 11.5. The van der Waals surface area contributed by atoms with E-state index in [0.717, 1.165) is 25.2 Å². The van der Waals surface area contributed by atoms with E-state index in [1.54, 1.807) is 6.20 Å². The molecule has 0 aromatic carbocycles. The fourth-order valence-corrected chi connectivity index (χ4v) is 1.72. The van der Waals surface area contributed by atoms with Crippen molar-refractivity contribution in [1.82, 2.24) is 9.55 Å². The average Bonchev–Trinajstić information content (AvgIpc) is 2.49. The molecule has 0 fully saturated rings. The number of nitrogens with zero attached hydrogens (tertiary/aromatic N) is 2. The fourth-order valence-electron chi connectivity index (χ4n) is 1.72. The number of imidazole rings is 1. The molecule has 0 saturated carbocycles. The summed E-state index contributed by atoms with van der Waals surface area (Å²) in [6.07, 6.45) is 5.05. The van der Waals surface area contributed by atoms with Gasteiger partial charge < -0.3 is 9.67 Å². The van der Waals surface area contributed by atoms with Gasteiger partial charge in [-0.1, -0.05) is 27.7 Å². The number of aliphatic hydroxyl groups is 1. The second-order valence-electron chi connectivity index (χ2n) is 5.26. The van der Waals surface area contributed by atoms with Gasteiger partial charge in [0.2, 0.25) is 0 Å². The minimum Gasteiger partial charge on any atom is -0.385 e. The van der Waals surface area contributed by atoms with Gasteiger partial charge in [0, 0.05) is 18.9 Å². The van der Waals surface area contributed by atoms with E-state index < -0.39 is 6.10 Å². The lowest BCUT2D eigenvalue weighted by molar-refractivity contribution is 0.110. The molecule has 0 amide bonds. The molecule has 1 heterocycles. The van der Waals surface area contributed by atoms with E-state index in [1.807, 2.05) is 10.8 Å². The molecule has 0 aliphatic carbocycles. The van der Waals surface area contributed by atoms with Crippen LogP contribution in [-0.4, -0.2) is 14.7 Å². The molecule has 0 aliphatic heterocycles. The lowest BCUT2D eigenvalue weighted by Crippen LogP contribution is -2.15. The number of aliphatic hydroxyl groups excluding tert-OH is 1. The molecular formula is C12H22N2O. The summed E-state index contributed by atoms with van der Waals surface area (Å²) >= 11 is 0. The minimum absolute atomic E-state index is 0.127. The topological polar surface area (TPSA) is 38.0 Å². The summed E-state index contributed by atoms with van der Waals surface area (Å²) in [6, 6.07) is 0. The van der Waals surface area contributed by atoms with Crippen LogP contribution in [0, 0.1) is 5.41 Å². The molecule has 3 nitrogen and oxygen atoms in total. The van der Waals surface area contributed by atoms with Crippen LogP contribution >= 0.6 is 0 Å². The lowest BCUT2D eigenvalue weighted by atomic mass is 9.89. The number of aromatic nitrogens is 2. The first-order valence-electron chi connectivity index (χ1n) is 5.63. The van der Waals surface area contributed by atoms with Crippen molar-refractivity contribution in [2.75, 3.05) is 0 Å². The molecule has 1 aromatic heterocycles. The van der Waals surface area contributed by atoms with Gasteiger partial charge in [0.1, 0.15) is 11.9 Å². The second-order valence-corrected chi connectivity index (χ2v) is 5.26. The van der Waals surface area contributed by atoms with Crippen LogP contribution in [-0.2, 0) is 6.54 Å². The van der Waals surface area contributed by atoms with Gasteiger partial charge in [0.25, 0.3) is 0 Å². The van der Waals surface area contributed by atoms with Gasteiger partial charge in [0.05, 0.1) is 0 Å². The first-order chi connectivity index (χ1) is 6.94. The minimum atomic E-state index is -0.452. The Bertz CT molecular complexity index is 299. The molecule has 15 heavy (non-hydrogen) atoms. The average molecular weight is 210 g/mol. The third-order valence-electron chi connectivity index (χ3n) is 2.32. The number of rotatable bonds is 4. The summed E-state index contributed by atoms with van der Waals surface area (Å²) < 4.78 is 2.04. The molecule has 86 valence electrons. The summed E-state index contributed by atoms with van der Waals surface area (Å²) in [5.74, 6) is 0.798. The third kappa shape index (κ3) is 3.67. The van der Waals surface area contributed by atoms with Gasteiger partial charge in [-0.05, 0) is 18.3 Å². The smallest absolute Gasteiger partial charge is 0.137 e. The number of aryl methyl sites for hydroxylation is 1. The lowest BCUT2D eigenvalue weighted by Gasteiger charge is -2.22. The van der Waals surface area contributed by atoms with Crippen molar-refractivity contribution < 1.29 is 5.11 Å². The maximum atomic E-state index is 10.1. The summed E-state index contributed by atoms with van der Waals surface area (Å²) in [5.41, 5.74) is 0.127. The van der Waals surface area contributed by atoms with Crippen LogP contribution in [0.5, 0.6) is 0 Å². The fraction of sp³-hybridized carbons (Fsp3) is 0.750. The predicted octanol–water partition coefficient (Wildman–Crippen LogP) is 2.76. The van der Waals surface area contributed by atoms with Crippen molar-refractivity contribution in [2.24, 2.45) is 5.41 Å². The predicted molar refractivity (Wildman–Crippen MR) is 61.5 cm³/mol. The van der Waals surface area contributed by atoms with E-state index in [4.69, 9.17) is 0 Å². The molecule has 0 saturated heterocycles. The van der Waals surface area contributed by atoms with Crippen LogP contribution in [0.2, 0.25) is 0 Å². The van der Waals surface area contributed by atoms with E-state index in [9.17, 15) is 5.11 Å². The summed E-state index contributed by atoms with van der Waals surface area (Å²) in [7, 11) is 0. The maximum absolute atomic E-state index is 10.1. The highest BCUT2D eigenvalue weighted by Gasteiger charge is 2.21. The van der Waals surface area contributed by atoms with Crippen molar-refractivity contribution in [3.05, 3.63) is 18.2 Å². The van der Waals surface area contributed by atoms with E-state index in [1.165, 1.54) is 0 Å². The first kappa shape index (κ1) is 12.2. The Morgan fingerprint density at radius 2 is 2.13 bits per heavy atom. The van der Waals surface area contributed by atoms with E-state index in [2.05, 4.69) is 32.7 Å². The quantitative estimate of drug-likeness (QED) is 0.829. The van der Waals surface area contributed by atoms with Crippen molar-refractivity contribution in [3.8, 4) is 0 Å². The van der Waals surface area contributed by atoms with Gasteiger partial charge in [0.15, 0.2) is 0 Å². The standard InChI is InChI=1S/C12H22N2O/c1-5-7-14-8-6-13-11(14)10(15)9-12(2,3)4/h6,8,10,15H,5,7,9H2,1-4H3. The number of hydrogen-bond donors (Lipinski definition) is 1. The molecule has 1 unspecified atom stereocenters. The summed E-state index contributed by atoms with van der Waals surface area (Å²) in [4.78, 5) is 4.23. The molecule has 0 bridgehead atoms. The third-order valence-corrected chi connectivity index (χ3v) is 2.32. The van der Waals surface area contributed by atoms with E-state index >= 15 is 0 Å². The highest BCUT2D eigenvalue weighted by Crippen LogP contribution is 2.28. The van der Waals surface area contributed by atoms with Crippen LogP contribution < -0.4 is 0 Å². The molecule has 1 N–H and O–H groups in total. The Hall–Kier alpha value is -0.830. The van der Waals surface area contributed by atoms with E-state index in [-0.39, 0.29) is 5.41 Å². The zero-order valence-electron chi connectivity index (χ0n) is 10.2. The highest BCUT2D eigenvalue weighted by atomic mass is 16.3. The largest absolute Gasteiger partial charge is 0.385 e. The van der Waals surface area contributed by atoms with Crippen LogP contribution in [0.25, 0.3) is 0 Å². The van der Waals surface area contributed by atoms with Crippen LogP contribution in [0.4, 0.5) is 0 Å². The second kappa shape index (κ2) is 4.79.